The summed E-state index contributed by atoms with van der Waals surface area (Å²) in [4.78, 5) is 39.8. The van der Waals surface area contributed by atoms with Gasteiger partial charge in [0.1, 0.15) is 31.0 Å². The van der Waals surface area contributed by atoms with Gasteiger partial charge in [-0.2, -0.15) is 0 Å². The molecule has 186 valence electrons. The maximum absolute atomic E-state index is 13.1. The molecule has 1 saturated heterocycles. The van der Waals surface area contributed by atoms with Crippen molar-refractivity contribution in [2.24, 2.45) is 5.92 Å². The lowest BCUT2D eigenvalue weighted by Gasteiger charge is -2.27. The summed E-state index contributed by atoms with van der Waals surface area (Å²) in [5.74, 6) is -0.475. The molecule has 1 fully saturated rings. The standard InChI is InChI=1S/C29H30N2O5/c1-20(2)27(26(32)19-35-17-21-9-5-3-6-10-21)31-28(33)25(30-29(31)34)18-36-24-15-13-23(14-16-24)22-11-7-4-8-12-22/h3-16,20,25,27H,17-19H2,1-2H3,(H,30,34)/t25-,27+/m0/s1. The molecule has 0 radical (unpaired) electrons. The lowest BCUT2D eigenvalue weighted by molar-refractivity contribution is -0.139. The summed E-state index contributed by atoms with van der Waals surface area (Å²) in [6, 6.07) is 24.6. The second-order valence-electron chi connectivity index (χ2n) is 9.05. The van der Waals surface area contributed by atoms with Gasteiger partial charge < -0.3 is 14.8 Å². The zero-order valence-corrected chi connectivity index (χ0v) is 20.4. The largest absolute Gasteiger partial charge is 0.491 e. The van der Waals surface area contributed by atoms with Crippen LogP contribution < -0.4 is 10.1 Å². The van der Waals surface area contributed by atoms with Gasteiger partial charge in [-0.05, 0) is 34.7 Å². The van der Waals surface area contributed by atoms with Crippen LogP contribution >= 0.6 is 0 Å². The second-order valence-corrected chi connectivity index (χ2v) is 9.05. The second kappa shape index (κ2) is 11.6. The van der Waals surface area contributed by atoms with Crippen LogP contribution in [-0.4, -0.2) is 47.9 Å². The van der Waals surface area contributed by atoms with Gasteiger partial charge in [-0.15, -0.1) is 0 Å². The molecule has 7 nitrogen and oxygen atoms in total. The van der Waals surface area contributed by atoms with Gasteiger partial charge in [-0.1, -0.05) is 86.6 Å². The van der Waals surface area contributed by atoms with Gasteiger partial charge in [0.05, 0.1) is 6.61 Å². The molecule has 0 bridgehead atoms. The average Bonchev–Trinajstić information content (AvgIpc) is 3.17. The molecule has 0 spiro atoms. The average molecular weight is 487 g/mol. The van der Waals surface area contributed by atoms with Crippen LogP contribution in [0.5, 0.6) is 5.75 Å². The first kappa shape index (κ1) is 25.1. The highest BCUT2D eigenvalue weighted by atomic mass is 16.5. The van der Waals surface area contributed by atoms with Crippen molar-refractivity contribution in [3.05, 3.63) is 90.5 Å². The Balaban J connectivity index is 1.34. The summed E-state index contributed by atoms with van der Waals surface area (Å²) in [6.45, 7) is 3.66. The van der Waals surface area contributed by atoms with E-state index in [1.54, 1.807) is 13.8 Å². The Kier molecular flexibility index (Phi) is 8.13. The molecule has 0 unspecified atom stereocenters. The fourth-order valence-corrected chi connectivity index (χ4v) is 4.22. The summed E-state index contributed by atoms with van der Waals surface area (Å²) in [6.07, 6.45) is 0. The molecule has 0 saturated carbocycles. The molecule has 3 aromatic rings. The minimum atomic E-state index is -0.913. The van der Waals surface area contributed by atoms with Crippen molar-refractivity contribution in [2.75, 3.05) is 13.2 Å². The molecular formula is C29H30N2O5. The lowest BCUT2D eigenvalue weighted by Crippen LogP contribution is -2.50. The molecule has 36 heavy (non-hydrogen) atoms. The number of urea groups is 1. The zero-order chi connectivity index (χ0) is 25.5. The van der Waals surface area contributed by atoms with Gasteiger partial charge in [-0.3, -0.25) is 14.5 Å². The van der Waals surface area contributed by atoms with E-state index >= 15 is 0 Å². The Labute approximate surface area is 211 Å². The highest BCUT2D eigenvalue weighted by Crippen LogP contribution is 2.23. The van der Waals surface area contributed by atoms with Crippen molar-refractivity contribution in [3.8, 4) is 16.9 Å². The molecule has 4 rings (SSSR count). The van der Waals surface area contributed by atoms with Crippen LogP contribution in [0.25, 0.3) is 11.1 Å². The van der Waals surface area contributed by atoms with Crippen LogP contribution in [0.2, 0.25) is 0 Å². The van der Waals surface area contributed by atoms with Gasteiger partial charge in [0.2, 0.25) is 0 Å². The Morgan fingerprint density at radius 3 is 2.14 bits per heavy atom. The number of carbonyl (C=O) groups is 3. The van der Waals surface area contributed by atoms with Gasteiger partial charge in [-0.25, -0.2) is 4.79 Å². The molecule has 1 heterocycles. The molecule has 3 aromatic carbocycles. The quantitative estimate of drug-likeness (QED) is 0.405. The van der Waals surface area contributed by atoms with Gasteiger partial charge in [0.25, 0.3) is 5.91 Å². The summed E-state index contributed by atoms with van der Waals surface area (Å²) in [5.41, 5.74) is 3.08. The van der Waals surface area contributed by atoms with Crippen molar-refractivity contribution < 1.29 is 23.9 Å². The van der Waals surface area contributed by atoms with E-state index in [1.165, 1.54) is 0 Å². The molecular weight excluding hydrogens is 456 g/mol. The number of ether oxygens (including phenoxy) is 2. The Bertz CT molecular complexity index is 1180. The highest BCUT2D eigenvalue weighted by Gasteiger charge is 2.45. The Hall–Kier alpha value is -3.97. The normalized spacial score (nSPS) is 16.2. The molecule has 3 amide bonds. The Morgan fingerprint density at radius 1 is 0.889 bits per heavy atom. The molecule has 1 aliphatic rings. The van der Waals surface area contributed by atoms with Crippen molar-refractivity contribution in [1.29, 1.82) is 0 Å². The third-order valence-corrected chi connectivity index (χ3v) is 6.03. The van der Waals surface area contributed by atoms with E-state index in [9.17, 15) is 14.4 Å². The zero-order valence-electron chi connectivity index (χ0n) is 20.4. The first-order valence-electron chi connectivity index (χ1n) is 12.0. The number of rotatable bonds is 11. The summed E-state index contributed by atoms with van der Waals surface area (Å²) in [7, 11) is 0. The van der Waals surface area contributed by atoms with E-state index in [2.05, 4.69) is 5.32 Å². The number of hydrogen-bond donors (Lipinski definition) is 1. The number of amides is 3. The van der Waals surface area contributed by atoms with E-state index in [0.717, 1.165) is 21.6 Å². The molecule has 0 aromatic heterocycles. The van der Waals surface area contributed by atoms with Crippen molar-refractivity contribution in [1.82, 2.24) is 10.2 Å². The monoisotopic (exact) mass is 486 g/mol. The molecule has 0 aliphatic carbocycles. The number of carbonyl (C=O) groups excluding carboxylic acids is 3. The fourth-order valence-electron chi connectivity index (χ4n) is 4.22. The number of nitrogens with one attached hydrogen (secondary N) is 1. The Morgan fingerprint density at radius 2 is 1.50 bits per heavy atom. The SMILES string of the molecule is CC(C)[C@H](C(=O)COCc1ccccc1)N1C(=O)N[C@@H](COc2ccc(-c3ccccc3)cc2)C1=O. The first-order chi connectivity index (χ1) is 17.4. The van der Waals surface area contributed by atoms with Crippen LogP contribution in [0.1, 0.15) is 19.4 Å². The predicted molar refractivity (Wildman–Crippen MR) is 136 cm³/mol. The molecule has 1 aliphatic heterocycles. The van der Waals surface area contributed by atoms with E-state index in [0.29, 0.717) is 5.75 Å². The van der Waals surface area contributed by atoms with Crippen LogP contribution in [-0.2, 0) is 20.9 Å². The predicted octanol–water partition coefficient (Wildman–Crippen LogP) is 4.46. The lowest BCUT2D eigenvalue weighted by atomic mass is 9.98. The molecule has 2 atom stereocenters. The van der Waals surface area contributed by atoms with Crippen molar-refractivity contribution >= 4 is 17.7 Å². The van der Waals surface area contributed by atoms with Crippen LogP contribution in [0.4, 0.5) is 4.79 Å². The van der Waals surface area contributed by atoms with Crippen molar-refractivity contribution in [3.63, 3.8) is 0 Å². The summed E-state index contributed by atoms with van der Waals surface area (Å²) < 4.78 is 11.4. The topological polar surface area (TPSA) is 84.9 Å². The number of benzene rings is 3. The van der Waals surface area contributed by atoms with E-state index in [-0.39, 0.29) is 31.5 Å². The summed E-state index contributed by atoms with van der Waals surface area (Å²) in [5, 5.41) is 2.65. The van der Waals surface area contributed by atoms with E-state index in [1.807, 2.05) is 84.9 Å². The molecule has 7 heteroatoms. The number of Topliss-reactive ketones (excluding diaryl/α,β-unsaturated/α-hetero) is 1. The molecule has 1 N–H and O–H groups in total. The van der Waals surface area contributed by atoms with Crippen LogP contribution in [0.3, 0.4) is 0 Å². The maximum atomic E-state index is 13.1. The maximum Gasteiger partial charge on any atom is 0.325 e. The third kappa shape index (κ3) is 5.98. The van der Waals surface area contributed by atoms with Gasteiger partial charge >= 0.3 is 6.03 Å². The van der Waals surface area contributed by atoms with Crippen molar-refractivity contribution in [2.45, 2.75) is 32.5 Å². The number of imide groups is 1. The smallest absolute Gasteiger partial charge is 0.325 e. The number of ketones is 1. The minimum absolute atomic E-state index is 0.0325. The first-order valence-corrected chi connectivity index (χ1v) is 12.0. The van der Waals surface area contributed by atoms with Gasteiger partial charge in [0.15, 0.2) is 5.78 Å². The summed E-state index contributed by atoms with van der Waals surface area (Å²) >= 11 is 0. The third-order valence-electron chi connectivity index (χ3n) is 6.03. The van der Waals surface area contributed by atoms with E-state index < -0.39 is 24.0 Å². The highest BCUT2D eigenvalue weighted by molar-refractivity contribution is 6.08. The number of nitrogens with zero attached hydrogens (tertiary/aromatic N) is 1. The van der Waals surface area contributed by atoms with E-state index in [4.69, 9.17) is 9.47 Å². The van der Waals surface area contributed by atoms with Gasteiger partial charge in [0, 0.05) is 0 Å². The van der Waals surface area contributed by atoms with Crippen LogP contribution in [0.15, 0.2) is 84.9 Å². The fraction of sp³-hybridized carbons (Fsp3) is 0.276. The van der Waals surface area contributed by atoms with Crippen LogP contribution in [0, 0.1) is 5.92 Å². The number of hydrogen-bond acceptors (Lipinski definition) is 5. The minimum Gasteiger partial charge on any atom is -0.491 e.